The van der Waals surface area contributed by atoms with E-state index in [-0.39, 0.29) is 12.5 Å². The third-order valence-electron chi connectivity index (χ3n) is 3.49. The molecule has 0 saturated heterocycles. The van der Waals surface area contributed by atoms with Gasteiger partial charge in [-0.2, -0.15) is 5.10 Å². The van der Waals surface area contributed by atoms with Crippen molar-refractivity contribution in [3.63, 3.8) is 0 Å². The number of nitrogens with zero attached hydrogens (tertiary/aromatic N) is 3. The molecule has 0 atom stereocenters. The van der Waals surface area contributed by atoms with E-state index in [1.807, 2.05) is 49.4 Å². The van der Waals surface area contributed by atoms with Crippen LogP contribution in [0.3, 0.4) is 0 Å². The van der Waals surface area contributed by atoms with E-state index in [1.54, 1.807) is 17.0 Å². The molecule has 0 saturated carbocycles. The Kier molecular flexibility index (Phi) is 4.05. The van der Waals surface area contributed by atoms with E-state index < -0.39 is 0 Å². The van der Waals surface area contributed by atoms with Crippen molar-refractivity contribution in [2.45, 2.75) is 13.5 Å². The number of nitrogens with two attached hydrogens (primary N) is 1. The number of carbonyl (C=O) groups is 1. The molecule has 0 unspecified atom stereocenters. The highest BCUT2D eigenvalue weighted by molar-refractivity contribution is 5.99. The summed E-state index contributed by atoms with van der Waals surface area (Å²) >= 11 is 0. The Balaban J connectivity index is 1.69. The summed E-state index contributed by atoms with van der Waals surface area (Å²) in [6, 6.07) is 15.0. The van der Waals surface area contributed by atoms with E-state index in [0.717, 1.165) is 16.6 Å². The van der Waals surface area contributed by atoms with Crippen molar-refractivity contribution in [2.24, 2.45) is 5.10 Å². The first-order chi connectivity index (χ1) is 11.1. The zero-order chi connectivity index (χ0) is 16.2. The molecule has 0 spiro atoms. The summed E-state index contributed by atoms with van der Waals surface area (Å²) in [7, 11) is 0. The van der Waals surface area contributed by atoms with Crippen molar-refractivity contribution in [3.8, 4) is 0 Å². The number of aromatic nitrogens is 2. The predicted molar refractivity (Wildman–Crippen MR) is 90.9 cm³/mol. The van der Waals surface area contributed by atoms with Crippen LogP contribution in [0.1, 0.15) is 12.5 Å². The van der Waals surface area contributed by atoms with Crippen LogP contribution in [0.5, 0.6) is 0 Å². The fourth-order valence-electron chi connectivity index (χ4n) is 2.30. The largest absolute Gasteiger partial charge is 0.399 e. The normalized spacial score (nSPS) is 11.6. The molecule has 1 amide bonds. The number of rotatable bonds is 4. The number of hydrazone groups is 1. The summed E-state index contributed by atoms with van der Waals surface area (Å²) in [5.41, 5.74) is 12.3. The van der Waals surface area contributed by atoms with Gasteiger partial charge in [0.2, 0.25) is 0 Å². The number of benzene rings is 2. The van der Waals surface area contributed by atoms with Gasteiger partial charge in [-0.15, -0.1) is 0 Å². The van der Waals surface area contributed by atoms with Crippen molar-refractivity contribution in [3.05, 3.63) is 60.4 Å². The average molecular weight is 307 g/mol. The number of amides is 1. The molecule has 0 bridgehead atoms. The summed E-state index contributed by atoms with van der Waals surface area (Å²) in [5.74, 6) is -0.212. The van der Waals surface area contributed by atoms with Crippen LogP contribution >= 0.6 is 0 Å². The maximum Gasteiger partial charge on any atom is 0.260 e. The van der Waals surface area contributed by atoms with Gasteiger partial charge >= 0.3 is 0 Å². The van der Waals surface area contributed by atoms with Gasteiger partial charge in [-0.05, 0) is 36.8 Å². The topological polar surface area (TPSA) is 85.3 Å². The van der Waals surface area contributed by atoms with Gasteiger partial charge < -0.3 is 10.3 Å². The first-order valence-corrected chi connectivity index (χ1v) is 7.22. The van der Waals surface area contributed by atoms with Gasteiger partial charge in [0, 0.05) is 5.69 Å². The summed E-state index contributed by atoms with van der Waals surface area (Å²) < 4.78 is 1.79. The quantitative estimate of drug-likeness (QED) is 0.440. The van der Waals surface area contributed by atoms with Crippen LogP contribution in [0.15, 0.2) is 60.0 Å². The number of carbonyl (C=O) groups excluding carboxylic acids is 1. The Morgan fingerprint density at radius 3 is 2.91 bits per heavy atom. The standard InChI is InChI=1S/C17H17N5O/c1-12(13-5-4-6-14(18)9-13)20-21-17(23)10-22-11-19-15-7-2-3-8-16(15)22/h2-9,11H,10,18H2,1H3,(H,21,23)/b20-12+. The lowest BCUT2D eigenvalue weighted by atomic mass is 10.1. The monoisotopic (exact) mass is 307 g/mol. The summed E-state index contributed by atoms with van der Waals surface area (Å²) in [6.07, 6.45) is 1.65. The minimum atomic E-state index is -0.212. The van der Waals surface area contributed by atoms with Gasteiger partial charge in [-0.3, -0.25) is 4.79 Å². The van der Waals surface area contributed by atoms with Crippen molar-refractivity contribution >= 4 is 28.3 Å². The van der Waals surface area contributed by atoms with E-state index in [9.17, 15) is 4.79 Å². The van der Waals surface area contributed by atoms with Gasteiger partial charge in [0.15, 0.2) is 0 Å². The molecule has 1 heterocycles. The average Bonchev–Trinajstić information content (AvgIpc) is 2.96. The van der Waals surface area contributed by atoms with Gasteiger partial charge in [0.25, 0.3) is 5.91 Å². The van der Waals surface area contributed by atoms with Gasteiger partial charge in [0.1, 0.15) is 6.54 Å². The Labute approximate surface area is 133 Å². The van der Waals surface area contributed by atoms with E-state index in [2.05, 4.69) is 15.5 Å². The minimum absolute atomic E-state index is 0.161. The molecular formula is C17H17N5O. The molecule has 2 aromatic carbocycles. The van der Waals surface area contributed by atoms with Gasteiger partial charge in [-0.25, -0.2) is 10.4 Å². The fourth-order valence-corrected chi connectivity index (χ4v) is 2.30. The number of fused-ring (bicyclic) bond motifs is 1. The van der Waals surface area contributed by atoms with E-state index in [4.69, 9.17) is 5.73 Å². The van der Waals surface area contributed by atoms with E-state index in [1.165, 1.54) is 0 Å². The SMILES string of the molecule is C/C(=N\NC(=O)Cn1cnc2ccccc21)c1cccc(N)c1. The third-order valence-corrected chi connectivity index (χ3v) is 3.49. The van der Waals surface area contributed by atoms with Crippen LogP contribution in [0.25, 0.3) is 11.0 Å². The molecule has 0 aliphatic heterocycles. The molecule has 6 heteroatoms. The second kappa shape index (κ2) is 6.31. The van der Waals surface area contributed by atoms with Crippen LogP contribution in [0.2, 0.25) is 0 Å². The summed E-state index contributed by atoms with van der Waals surface area (Å²) in [6.45, 7) is 1.98. The first kappa shape index (κ1) is 14.8. The zero-order valence-corrected chi connectivity index (χ0v) is 12.7. The smallest absolute Gasteiger partial charge is 0.260 e. The molecule has 0 aliphatic carbocycles. The maximum absolute atomic E-state index is 12.1. The Morgan fingerprint density at radius 1 is 1.26 bits per heavy atom. The maximum atomic E-state index is 12.1. The van der Waals surface area contributed by atoms with Gasteiger partial charge in [0.05, 0.1) is 23.1 Å². The molecule has 0 radical (unpaired) electrons. The second-order valence-corrected chi connectivity index (χ2v) is 5.22. The Morgan fingerprint density at radius 2 is 2.09 bits per heavy atom. The van der Waals surface area contributed by atoms with Crippen LogP contribution in [0, 0.1) is 0 Å². The fraction of sp³-hybridized carbons (Fsp3) is 0.118. The first-order valence-electron chi connectivity index (χ1n) is 7.22. The van der Waals surface area contributed by atoms with Crippen LogP contribution < -0.4 is 11.2 Å². The highest BCUT2D eigenvalue weighted by Gasteiger charge is 2.06. The number of imidazole rings is 1. The van der Waals surface area contributed by atoms with Crippen LogP contribution in [-0.4, -0.2) is 21.2 Å². The van der Waals surface area contributed by atoms with Crippen LogP contribution in [0.4, 0.5) is 5.69 Å². The molecule has 0 fully saturated rings. The van der Waals surface area contributed by atoms with Gasteiger partial charge in [-0.1, -0.05) is 24.3 Å². The highest BCUT2D eigenvalue weighted by Crippen LogP contribution is 2.11. The number of nitrogens with one attached hydrogen (secondary N) is 1. The molecule has 6 nitrogen and oxygen atoms in total. The van der Waals surface area contributed by atoms with E-state index >= 15 is 0 Å². The molecule has 3 aromatic rings. The number of hydrogen-bond acceptors (Lipinski definition) is 4. The highest BCUT2D eigenvalue weighted by atomic mass is 16.2. The van der Waals surface area contributed by atoms with Crippen molar-refractivity contribution < 1.29 is 4.79 Å². The minimum Gasteiger partial charge on any atom is -0.399 e. The van der Waals surface area contributed by atoms with Crippen LogP contribution in [-0.2, 0) is 11.3 Å². The molecule has 116 valence electrons. The number of hydrogen-bond donors (Lipinski definition) is 2. The number of para-hydroxylation sites is 2. The molecule has 3 rings (SSSR count). The van der Waals surface area contributed by atoms with Crippen molar-refractivity contribution in [1.82, 2.24) is 15.0 Å². The lowest BCUT2D eigenvalue weighted by Gasteiger charge is -2.05. The number of anilines is 1. The Hall–Kier alpha value is -3.15. The lowest BCUT2D eigenvalue weighted by Crippen LogP contribution is -2.24. The number of nitrogen functional groups attached to an aromatic ring is 1. The summed E-state index contributed by atoms with van der Waals surface area (Å²) in [4.78, 5) is 16.3. The molecule has 0 aliphatic rings. The molecule has 1 aromatic heterocycles. The third kappa shape index (κ3) is 3.37. The Bertz CT molecular complexity index is 881. The van der Waals surface area contributed by atoms with Crippen molar-refractivity contribution in [2.75, 3.05) is 5.73 Å². The predicted octanol–water partition coefficient (Wildman–Crippen LogP) is 2.16. The zero-order valence-electron chi connectivity index (χ0n) is 12.7. The lowest BCUT2D eigenvalue weighted by molar-refractivity contribution is -0.121. The molecular weight excluding hydrogens is 290 g/mol. The summed E-state index contributed by atoms with van der Waals surface area (Å²) in [5, 5.41) is 4.12. The van der Waals surface area contributed by atoms with E-state index in [0.29, 0.717) is 11.4 Å². The second-order valence-electron chi connectivity index (χ2n) is 5.22. The van der Waals surface area contributed by atoms with Crippen molar-refractivity contribution in [1.29, 1.82) is 0 Å². The molecule has 3 N–H and O–H groups in total. The molecule has 23 heavy (non-hydrogen) atoms.